The third-order valence-electron chi connectivity index (χ3n) is 5.18. The van der Waals surface area contributed by atoms with E-state index in [4.69, 9.17) is 9.84 Å². The maximum Gasteiger partial charge on any atom is 0.304 e. The normalized spacial score (nSPS) is 16.3. The van der Waals surface area contributed by atoms with Gasteiger partial charge in [-0.05, 0) is 31.0 Å². The van der Waals surface area contributed by atoms with Crippen molar-refractivity contribution in [1.29, 1.82) is 0 Å². The summed E-state index contributed by atoms with van der Waals surface area (Å²) in [7, 11) is 0. The monoisotopic (exact) mass is 404 g/mol. The number of benzene rings is 1. The van der Waals surface area contributed by atoms with Crippen LogP contribution < -0.4 is 4.74 Å². The summed E-state index contributed by atoms with van der Waals surface area (Å²) in [5.41, 5.74) is 5.07. The number of nitrogens with zero attached hydrogens (tertiary/aromatic N) is 2. The van der Waals surface area contributed by atoms with E-state index in [0.29, 0.717) is 18.9 Å². The Bertz CT molecular complexity index is 906. The van der Waals surface area contributed by atoms with E-state index in [1.54, 1.807) is 12.3 Å². The number of carboxylic acids is 1. The minimum absolute atomic E-state index is 0. The lowest BCUT2D eigenvalue weighted by Crippen LogP contribution is -2.33. The van der Waals surface area contributed by atoms with Crippen LogP contribution in [0.15, 0.2) is 42.1 Å². The summed E-state index contributed by atoms with van der Waals surface area (Å²) in [6.07, 6.45) is 3.60. The Morgan fingerprint density at radius 2 is 2.04 bits per heavy atom. The number of fused-ring (bicyclic) bond motifs is 2. The second kappa shape index (κ2) is 8.71. The molecule has 5 nitrogen and oxygen atoms in total. The van der Waals surface area contributed by atoms with Gasteiger partial charge in [0.15, 0.2) is 0 Å². The van der Waals surface area contributed by atoms with Crippen LogP contribution in [0.1, 0.15) is 36.1 Å². The van der Waals surface area contributed by atoms with Crippen LogP contribution in [0.2, 0.25) is 0 Å². The number of ether oxygens (including phenoxy) is 1. The Morgan fingerprint density at radius 1 is 1.25 bits per heavy atom. The molecule has 3 heterocycles. The van der Waals surface area contributed by atoms with Gasteiger partial charge in [-0.1, -0.05) is 11.6 Å². The number of pyridine rings is 1. The standard InChI is InChI=1S/C21H21FN2O3.ClH/c22-16-3-4-17-18(12-16)27-13-15-2-1-8-23-21(15)20(17)14-5-9-24(10-6-14)11-7-19(25)26;/h1-4,8,12H,5-7,9-11,13H2,(H,25,26);1H. The maximum atomic E-state index is 13.8. The zero-order chi connectivity index (χ0) is 18.8. The smallest absolute Gasteiger partial charge is 0.304 e. The predicted molar refractivity (Wildman–Crippen MR) is 106 cm³/mol. The molecule has 0 atom stereocenters. The van der Waals surface area contributed by atoms with Crippen LogP contribution in [0.3, 0.4) is 0 Å². The van der Waals surface area contributed by atoms with E-state index in [0.717, 1.165) is 48.3 Å². The first-order chi connectivity index (χ1) is 13.1. The zero-order valence-corrected chi connectivity index (χ0v) is 16.2. The number of carboxylic acid groups (broad SMARTS) is 1. The summed E-state index contributed by atoms with van der Waals surface area (Å²) in [6, 6.07) is 8.54. The van der Waals surface area contributed by atoms with Crippen LogP contribution in [0.4, 0.5) is 4.39 Å². The lowest BCUT2D eigenvalue weighted by atomic mass is 9.89. The number of carbonyl (C=O) groups is 1. The summed E-state index contributed by atoms with van der Waals surface area (Å²) >= 11 is 0. The lowest BCUT2D eigenvalue weighted by Gasteiger charge is -2.29. The van der Waals surface area contributed by atoms with Gasteiger partial charge in [0, 0.05) is 48.6 Å². The molecule has 0 radical (unpaired) electrons. The summed E-state index contributed by atoms with van der Waals surface area (Å²) in [4.78, 5) is 17.6. The van der Waals surface area contributed by atoms with Crippen LogP contribution in [-0.2, 0) is 11.4 Å². The van der Waals surface area contributed by atoms with E-state index in [2.05, 4.69) is 9.88 Å². The topological polar surface area (TPSA) is 62.7 Å². The van der Waals surface area contributed by atoms with Gasteiger partial charge < -0.3 is 14.7 Å². The van der Waals surface area contributed by atoms with Gasteiger partial charge in [0.25, 0.3) is 0 Å². The van der Waals surface area contributed by atoms with Crippen molar-refractivity contribution in [2.24, 2.45) is 0 Å². The van der Waals surface area contributed by atoms with Crippen molar-refractivity contribution in [2.75, 3.05) is 19.6 Å². The molecule has 1 aromatic heterocycles. The van der Waals surface area contributed by atoms with Gasteiger partial charge in [0.1, 0.15) is 18.2 Å². The minimum atomic E-state index is -0.769. The van der Waals surface area contributed by atoms with Crippen molar-refractivity contribution in [3.8, 4) is 5.75 Å². The summed E-state index contributed by atoms with van der Waals surface area (Å²) < 4.78 is 19.6. The van der Waals surface area contributed by atoms with E-state index in [1.165, 1.54) is 17.7 Å². The fraction of sp³-hybridized carbons (Fsp3) is 0.333. The highest BCUT2D eigenvalue weighted by atomic mass is 35.5. The number of hydrogen-bond acceptors (Lipinski definition) is 4. The van der Waals surface area contributed by atoms with Crippen molar-refractivity contribution in [2.45, 2.75) is 25.9 Å². The van der Waals surface area contributed by atoms with Gasteiger partial charge in [0.2, 0.25) is 0 Å². The predicted octanol–water partition coefficient (Wildman–Crippen LogP) is 3.91. The van der Waals surface area contributed by atoms with Crippen molar-refractivity contribution in [1.82, 2.24) is 9.88 Å². The summed E-state index contributed by atoms with van der Waals surface area (Å²) in [6.45, 7) is 2.55. The fourth-order valence-corrected chi connectivity index (χ4v) is 3.79. The number of likely N-dealkylation sites (tertiary alicyclic amines) is 1. The molecule has 0 amide bonds. The zero-order valence-electron chi connectivity index (χ0n) is 15.4. The van der Waals surface area contributed by atoms with Gasteiger partial charge in [-0.3, -0.25) is 9.78 Å². The molecule has 28 heavy (non-hydrogen) atoms. The number of aromatic nitrogens is 1. The number of piperidine rings is 1. The molecule has 0 bridgehead atoms. The SMILES string of the molecule is Cl.O=C(O)CCN1CCC(=C2c3ccc(F)cc3OCc3cccnc32)CC1. The molecule has 1 aromatic carbocycles. The third kappa shape index (κ3) is 4.18. The molecule has 2 aromatic rings. The van der Waals surface area contributed by atoms with E-state index in [9.17, 15) is 9.18 Å². The summed E-state index contributed by atoms with van der Waals surface area (Å²) in [5, 5.41) is 8.88. The first kappa shape index (κ1) is 20.3. The summed E-state index contributed by atoms with van der Waals surface area (Å²) in [5.74, 6) is -0.543. The molecule has 0 aliphatic carbocycles. The quantitative estimate of drug-likeness (QED) is 0.840. The largest absolute Gasteiger partial charge is 0.488 e. The second-order valence-corrected chi connectivity index (χ2v) is 6.90. The molecule has 1 N–H and O–H groups in total. The Balaban J connectivity index is 0.00000225. The van der Waals surface area contributed by atoms with E-state index < -0.39 is 5.97 Å². The molecule has 7 heteroatoms. The first-order valence-corrected chi connectivity index (χ1v) is 9.15. The molecular weight excluding hydrogens is 383 g/mol. The minimum Gasteiger partial charge on any atom is -0.488 e. The fourth-order valence-electron chi connectivity index (χ4n) is 3.79. The van der Waals surface area contributed by atoms with Crippen molar-refractivity contribution in [3.63, 3.8) is 0 Å². The van der Waals surface area contributed by atoms with Crippen molar-refractivity contribution in [3.05, 3.63) is 64.7 Å². The third-order valence-corrected chi connectivity index (χ3v) is 5.18. The average Bonchev–Trinajstić information content (AvgIpc) is 2.83. The number of rotatable bonds is 3. The van der Waals surface area contributed by atoms with E-state index >= 15 is 0 Å². The molecule has 0 saturated carbocycles. The highest BCUT2D eigenvalue weighted by Gasteiger charge is 2.26. The van der Waals surface area contributed by atoms with Crippen molar-refractivity contribution < 1.29 is 19.0 Å². The van der Waals surface area contributed by atoms with Gasteiger partial charge in [-0.2, -0.15) is 0 Å². The van der Waals surface area contributed by atoms with E-state index in [-0.39, 0.29) is 24.6 Å². The van der Waals surface area contributed by atoms with Crippen LogP contribution >= 0.6 is 12.4 Å². The average molecular weight is 405 g/mol. The molecule has 1 fully saturated rings. The van der Waals surface area contributed by atoms with Gasteiger partial charge >= 0.3 is 5.97 Å². The highest BCUT2D eigenvalue weighted by molar-refractivity contribution is 5.86. The van der Waals surface area contributed by atoms with Crippen LogP contribution in [0.25, 0.3) is 5.57 Å². The van der Waals surface area contributed by atoms with E-state index in [1.807, 2.05) is 12.1 Å². The lowest BCUT2D eigenvalue weighted by molar-refractivity contribution is -0.137. The Labute approximate surface area is 169 Å². The molecule has 0 spiro atoms. The van der Waals surface area contributed by atoms with Crippen LogP contribution in [-0.4, -0.2) is 40.6 Å². The van der Waals surface area contributed by atoms with Crippen molar-refractivity contribution >= 4 is 23.9 Å². The van der Waals surface area contributed by atoms with Gasteiger partial charge in [-0.25, -0.2) is 4.39 Å². The van der Waals surface area contributed by atoms with Gasteiger partial charge in [-0.15, -0.1) is 12.4 Å². The molecule has 1 saturated heterocycles. The number of aliphatic carboxylic acids is 1. The van der Waals surface area contributed by atoms with Crippen LogP contribution in [0, 0.1) is 5.82 Å². The van der Waals surface area contributed by atoms with Crippen LogP contribution in [0.5, 0.6) is 5.75 Å². The highest BCUT2D eigenvalue weighted by Crippen LogP contribution is 2.40. The Morgan fingerprint density at radius 3 is 2.79 bits per heavy atom. The maximum absolute atomic E-state index is 13.8. The molecular formula is C21H22ClFN2O3. The number of halogens is 2. The molecule has 0 unspecified atom stereocenters. The Kier molecular flexibility index (Phi) is 6.31. The molecule has 2 aliphatic heterocycles. The first-order valence-electron chi connectivity index (χ1n) is 9.15. The second-order valence-electron chi connectivity index (χ2n) is 6.90. The van der Waals surface area contributed by atoms with Gasteiger partial charge in [0.05, 0.1) is 12.1 Å². The Hall–Kier alpha value is -2.44. The molecule has 2 aliphatic rings. The molecule has 4 rings (SSSR count). The number of hydrogen-bond donors (Lipinski definition) is 1. The molecule has 148 valence electrons.